The number of carboxylic acids is 1. The number of halogens is 3. The van der Waals surface area contributed by atoms with Crippen LogP contribution in [0, 0.1) is 0 Å². The number of benzene rings is 1. The van der Waals surface area contributed by atoms with Gasteiger partial charge in [0.25, 0.3) is 0 Å². The van der Waals surface area contributed by atoms with Gasteiger partial charge in [-0.25, -0.2) is 4.79 Å². The Balaban J connectivity index is 3.12. The highest BCUT2D eigenvalue weighted by molar-refractivity contribution is 5.77. The van der Waals surface area contributed by atoms with Crippen LogP contribution >= 0.6 is 0 Å². The largest absolute Gasteiger partial charge is 0.485 e. The Morgan fingerprint density at radius 3 is 2.19 bits per heavy atom. The third-order valence-corrected chi connectivity index (χ3v) is 2.05. The van der Waals surface area contributed by atoms with E-state index in [9.17, 15) is 18.0 Å². The van der Waals surface area contributed by atoms with E-state index in [1.165, 1.54) is 24.3 Å². The summed E-state index contributed by atoms with van der Waals surface area (Å²) in [6, 6.07) is 5.16. The van der Waals surface area contributed by atoms with Crippen LogP contribution in [0.3, 0.4) is 0 Å². The van der Waals surface area contributed by atoms with Crippen molar-refractivity contribution in [1.29, 1.82) is 0 Å². The van der Waals surface area contributed by atoms with Crippen LogP contribution in [0.4, 0.5) is 18.9 Å². The maximum Gasteiger partial charge on any atom is 0.485 e. The fourth-order valence-corrected chi connectivity index (χ4v) is 1.29. The average Bonchev–Trinajstić information content (AvgIpc) is 2.17. The van der Waals surface area contributed by atoms with Crippen molar-refractivity contribution in [2.24, 2.45) is 0 Å². The van der Waals surface area contributed by atoms with E-state index in [2.05, 4.69) is 0 Å². The summed E-state index contributed by atoms with van der Waals surface area (Å²) < 4.78 is 38.0. The van der Waals surface area contributed by atoms with E-state index in [1.54, 1.807) is 6.07 Å². The van der Waals surface area contributed by atoms with E-state index in [0.29, 0.717) is 0 Å². The van der Waals surface area contributed by atoms with E-state index in [4.69, 9.17) is 5.11 Å². The molecule has 0 unspecified atom stereocenters. The Morgan fingerprint density at radius 2 is 1.81 bits per heavy atom. The molecule has 0 aliphatic heterocycles. The summed E-state index contributed by atoms with van der Waals surface area (Å²) in [6.45, 7) is 0.989. The predicted octanol–water partition coefficient (Wildman–Crippen LogP) is 2.49. The molecule has 1 N–H and O–H groups in total. The number of rotatable bonds is 3. The van der Waals surface area contributed by atoms with Crippen molar-refractivity contribution in [2.75, 3.05) is 4.90 Å². The van der Waals surface area contributed by atoms with Gasteiger partial charge in [-0.1, -0.05) is 18.2 Å². The van der Waals surface area contributed by atoms with Gasteiger partial charge in [0, 0.05) is 5.69 Å². The highest BCUT2D eigenvalue weighted by Crippen LogP contribution is 2.30. The second-order valence-corrected chi connectivity index (χ2v) is 3.19. The lowest BCUT2D eigenvalue weighted by molar-refractivity contribution is -0.153. The number of hydrogen-bond acceptors (Lipinski definition) is 2. The Kier molecular flexibility index (Phi) is 3.41. The number of para-hydroxylation sites is 1. The highest BCUT2D eigenvalue weighted by atomic mass is 19.4. The van der Waals surface area contributed by atoms with Gasteiger partial charge in [0.15, 0.2) is 0 Å². The van der Waals surface area contributed by atoms with Crippen molar-refractivity contribution in [3.05, 3.63) is 30.3 Å². The van der Waals surface area contributed by atoms with Gasteiger partial charge in [-0.05, 0) is 19.1 Å². The predicted molar refractivity (Wildman–Crippen MR) is 52.1 cm³/mol. The molecule has 0 amide bonds. The zero-order chi connectivity index (χ0) is 12.3. The van der Waals surface area contributed by atoms with Crippen molar-refractivity contribution in [2.45, 2.75) is 19.3 Å². The number of nitrogens with zero attached hydrogens (tertiary/aromatic N) is 1. The average molecular weight is 233 g/mol. The molecule has 0 aliphatic carbocycles. The first-order chi connectivity index (χ1) is 7.34. The highest BCUT2D eigenvalue weighted by Gasteiger charge is 2.43. The molecule has 1 aromatic rings. The minimum absolute atomic E-state index is 0.0880. The number of carboxylic acid groups (broad SMARTS) is 1. The van der Waals surface area contributed by atoms with E-state index >= 15 is 0 Å². The van der Waals surface area contributed by atoms with Gasteiger partial charge in [0.1, 0.15) is 6.04 Å². The van der Waals surface area contributed by atoms with Crippen LogP contribution in [0.15, 0.2) is 30.3 Å². The summed E-state index contributed by atoms with van der Waals surface area (Å²) in [5.41, 5.74) is -0.190. The van der Waals surface area contributed by atoms with Crippen molar-refractivity contribution in [3.63, 3.8) is 0 Å². The molecule has 3 nitrogen and oxygen atoms in total. The van der Waals surface area contributed by atoms with Crippen LogP contribution in [0.5, 0.6) is 0 Å². The van der Waals surface area contributed by atoms with Crippen molar-refractivity contribution >= 4 is 11.7 Å². The van der Waals surface area contributed by atoms with Crippen LogP contribution < -0.4 is 4.90 Å². The van der Waals surface area contributed by atoms with Crippen molar-refractivity contribution in [1.82, 2.24) is 0 Å². The van der Waals surface area contributed by atoms with E-state index in [-0.39, 0.29) is 10.6 Å². The normalized spacial score (nSPS) is 13.2. The Hall–Kier alpha value is -1.72. The zero-order valence-corrected chi connectivity index (χ0v) is 8.40. The standard InChI is InChI=1S/C10H10F3NO2/c1-7(9(15)16)14(10(11,12)13)8-5-3-2-4-6-8/h2-7H,1H3,(H,15,16)/t7-/m0/s1. The quantitative estimate of drug-likeness (QED) is 0.815. The van der Waals surface area contributed by atoms with Crippen molar-refractivity contribution in [3.8, 4) is 0 Å². The lowest BCUT2D eigenvalue weighted by atomic mass is 10.2. The number of carbonyl (C=O) groups is 1. The maximum atomic E-state index is 12.7. The Labute approximate surface area is 90.1 Å². The minimum Gasteiger partial charge on any atom is -0.480 e. The lowest BCUT2D eigenvalue weighted by Gasteiger charge is -2.30. The van der Waals surface area contributed by atoms with Crippen LogP contribution in [0.2, 0.25) is 0 Å². The molecule has 1 atom stereocenters. The number of hydrogen-bond donors (Lipinski definition) is 1. The molecule has 0 bridgehead atoms. The minimum atomic E-state index is -4.72. The second kappa shape index (κ2) is 4.42. The smallest absolute Gasteiger partial charge is 0.480 e. The van der Waals surface area contributed by atoms with Gasteiger partial charge in [-0.3, -0.25) is 4.90 Å². The summed E-state index contributed by atoms with van der Waals surface area (Å²) in [5, 5.41) is 8.64. The molecule has 0 heterocycles. The Bertz CT molecular complexity index is 364. The number of alkyl halides is 3. The maximum absolute atomic E-state index is 12.7. The van der Waals surface area contributed by atoms with Gasteiger partial charge in [-0.15, -0.1) is 0 Å². The molecule has 0 fully saturated rings. The first-order valence-electron chi connectivity index (χ1n) is 4.48. The van der Waals surface area contributed by atoms with Crippen LogP contribution in [0.25, 0.3) is 0 Å². The summed E-state index contributed by atoms with van der Waals surface area (Å²) in [4.78, 5) is 10.5. The molecule has 6 heteroatoms. The molecule has 0 saturated heterocycles. The second-order valence-electron chi connectivity index (χ2n) is 3.19. The molecule has 1 aromatic carbocycles. The van der Waals surface area contributed by atoms with Gasteiger partial charge in [0.05, 0.1) is 0 Å². The van der Waals surface area contributed by atoms with Crippen molar-refractivity contribution < 1.29 is 23.1 Å². The summed E-state index contributed by atoms with van der Waals surface area (Å²) in [7, 11) is 0. The first-order valence-corrected chi connectivity index (χ1v) is 4.48. The third kappa shape index (κ3) is 2.65. The first kappa shape index (κ1) is 12.4. The summed E-state index contributed by atoms with van der Waals surface area (Å²) in [5.74, 6) is -1.53. The molecule has 0 aromatic heterocycles. The monoisotopic (exact) mass is 233 g/mol. The van der Waals surface area contributed by atoms with Gasteiger partial charge < -0.3 is 5.11 Å². The zero-order valence-electron chi connectivity index (χ0n) is 8.40. The van der Waals surface area contributed by atoms with Gasteiger partial charge in [-0.2, -0.15) is 13.2 Å². The molecule has 88 valence electrons. The summed E-state index contributed by atoms with van der Waals surface area (Å²) in [6.07, 6.45) is -4.72. The SMILES string of the molecule is C[C@@H](C(=O)O)N(c1ccccc1)C(F)(F)F. The molecule has 0 aliphatic rings. The van der Waals surface area contributed by atoms with E-state index < -0.39 is 18.3 Å². The lowest BCUT2D eigenvalue weighted by Crippen LogP contribution is -2.48. The third-order valence-electron chi connectivity index (χ3n) is 2.05. The molecule has 0 spiro atoms. The molecule has 0 radical (unpaired) electrons. The molecular formula is C10H10F3NO2. The molecule has 1 rings (SSSR count). The molecule has 16 heavy (non-hydrogen) atoms. The van der Waals surface area contributed by atoms with Crippen LogP contribution in [-0.4, -0.2) is 23.4 Å². The van der Waals surface area contributed by atoms with Gasteiger partial charge >= 0.3 is 12.3 Å². The van der Waals surface area contributed by atoms with Crippen LogP contribution in [-0.2, 0) is 4.79 Å². The van der Waals surface area contributed by atoms with E-state index in [1.807, 2.05) is 0 Å². The van der Waals surface area contributed by atoms with Gasteiger partial charge in [0.2, 0.25) is 0 Å². The molecule has 0 saturated carbocycles. The van der Waals surface area contributed by atoms with Crippen LogP contribution in [0.1, 0.15) is 6.92 Å². The number of aliphatic carboxylic acids is 1. The van der Waals surface area contributed by atoms with E-state index in [0.717, 1.165) is 6.92 Å². The molecular weight excluding hydrogens is 223 g/mol. The number of anilines is 1. The summed E-state index contributed by atoms with van der Waals surface area (Å²) >= 11 is 0. The topological polar surface area (TPSA) is 40.5 Å². The fourth-order valence-electron chi connectivity index (χ4n) is 1.29. The Morgan fingerprint density at radius 1 is 1.31 bits per heavy atom. The fraction of sp³-hybridized carbons (Fsp3) is 0.300.